The Morgan fingerprint density at radius 1 is 1.25 bits per heavy atom. The molecule has 1 saturated heterocycles. The first-order chi connectivity index (χ1) is 13.0. The highest BCUT2D eigenvalue weighted by molar-refractivity contribution is 5.85. The fraction of sp³-hybridized carbons (Fsp3) is 0.619. The van der Waals surface area contributed by atoms with E-state index >= 15 is 0 Å². The number of carbonyl (C=O) groups is 2. The lowest BCUT2D eigenvalue weighted by Crippen LogP contribution is -2.43. The number of rotatable bonds is 3. The van der Waals surface area contributed by atoms with Gasteiger partial charge in [0.2, 0.25) is 5.91 Å². The van der Waals surface area contributed by atoms with Crippen molar-refractivity contribution in [1.29, 1.82) is 0 Å². The summed E-state index contributed by atoms with van der Waals surface area (Å²) in [4.78, 5) is 24.7. The summed E-state index contributed by atoms with van der Waals surface area (Å²) >= 11 is 0. The van der Waals surface area contributed by atoms with E-state index in [1.807, 2.05) is 46.8 Å². The quantitative estimate of drug-likeness (QED) is 0.820. The Kier molecular flexibility index (Phi) is 5.57. The van der Waals surface area contributed by atoms with E-state index in [2.05, 4.69) is 10.6 Å². The predicted molar refractivity (Wildman–Crippen MR) is 105 cm³/mol. The van der Waals surface area contributed by atoms with Gasteiger partial charge in [-0.3, -0.25) is 10.1 Å². The molecule has 1 aromatic rings. The van der Waals surface area contributed by atoms with Crippen LogP contribution in [-0.4, -0.2) is 36.4 Å². The summed E-state index contributed by atoms with van der Waals surface area (Å²) in [5.41, 5.74) is 0.461. The normalized spacial score (nSPS) is 23.3. The number of hydrogen-bond acceptors (Lipinski definition) is 5. The molecule has 0 aromatic heterocycles. The lowest BCUT2D eigenvalue weighted by atomic mass is 9.89. The molecule has 2 heterocycles. The molecular formula is C21H30N2O5. The van der Waals surface area contributed by atoms with E-state index in [1.165, 1.54) is 0 Å². The van der Waals surface area contributed by atoms with Gasteiger partial charge in [-0.25, -0.2) is 4.79 Å². The van der Waals surface area contributed by atoms with Crippen LogP contribution in [0.5, 0.6) is 5.75 Å². The summed E-state index contributed by atoms with van der Waals surface area (Å²) in [5, 5.41) is 5.90. The van der Waals surface area contributed by atoms with E-state index in [4.69, 9.17) is 14.2 Å². The third kappa shape index (κ3) is 5.16. The van der Waals surface area contributed by atoms with Gasteiger partial charge >= 0.3 is 6.09 Å². The van der Waals surface area contributed by atoms with Crippen molar-refractivity contribution in [3.63, 3.8) is 0 Å². The molecule has 0 spiro atoms. The van der Waals surface area contributed by atoms with Crippen molar-refractivity contribution >= 4 is 17.7 Å². The molecule has 28 heavy (non-hydrogen) atoms. The second kappa shape index (κ2) is 7.62. The first kappa shape index (κ1) is 20.5. The molecule has 2 aliphatic heterocycles. The van der Waals surface area contributed by atoms with Crippen LogP contribution in [0.2, 0.25) is 0 Å². The number of ether oxygens (including phenoxy) is 3. The van der Waals surface area contributed by atoms with Gasteiger partial charge in [-0.1, -0.05) is 0 Å². The van der Waals surface area contributed by atoms with E-state index in [1.54, 1.807) is 6.07 Å². The van der Waals surface area contributed by atoms with E-state index in [9.17, 15) is 9.59 Å². The Morgan fingerprint density at radius 2 is 2.00 bits per heavy atom. The Hall–Kier alpha value is -2.28. The van der Waals surface area contributed by atoms with E-state index in [0.717, 1.165) is 12.0 Å². The maximum atomic E-state index is 12.6. The zero-order valence-electron chi connectivity index (χ0n) is 17.3. The number of hydrogen-bond donors (Lipinski definition) is 2. The minimum absolute atomic E-state index is 0.00310. The van der Waals surface area contributed by atoms with Gasteiger partial charge < -0.3 is 19.5 Å². The molecule has 7 nitrogen and oxygen atoms in total. The molecule has 3 rings (SSSR count). The summed E-state index contributed by atoms with van der Waals surface area (Å²) in [6, 6.07) is 5.23. The van der Waals surface area contributed by atoms with Crippen LogP contribution >= 0.6 is 0 Å². The van der Waals surface area contributed by atoms with Crippen molar-refractivity contribution in [1.82, 2.24) is 5.32 Å². The molecule has 2 N–H and O–H groups in total. The number of fused-ring (bicyclic) bond motifs is 1. The summed E-state index contributed by atoms with van der Waals surface area (Å²) in [5.74, 6) is 0.591. The van der Waals surface area contributed by atoms with Gasteiger partial charge in [0.05, 0.1) is 18.6 Å². The standard InChI is InChI=1S/C21H30N2O5/c1-20(2,3)28-19(25)22-14-6-7-17-15(10-14)16(11-21(4,5)27-17)23-18(24)13-8-9-26-12-13/h6-7,10,13,16H,8-9,11-12H2,1-5H3,(H,22,25)(H,23,24). The number of anilines is 1. The van der Waals surface area contributed by atoms with Crippen LogP contribution in [0.4, 0.5) is 10.5 Å². The number of amides is 2. The smallest absolute Gasteiger partial charge is 0.412 e. The largest absolute Gasteiger partial charge is 0.487 e. The molecule has 1 fully saturated rings. The van der Waals surface area contributed by atoms with Crippen LogP contribution in [0, 0.1) is 5.92 Å². The zero-order valence-corrected chi connectivity index (χ0v) is 17.3. The molecule has 2 atom stereocenters. The number of nitrogens with one attached hydrogen (secondary N) is 2. The SMILES string of the molecule is CC(C)(C)OC(=O)Nc1ccc2c(c1)C(NC(=O)C1CCOC1)CC(C)(C)O2. The van der Waals surface area contributed by atoms with Gasteiger partial charge in [-0.05, 0) is 59.2 Å². The first-order valence-corrected chi connectivity index (χ1v) is 9.73. The third-order valence-corrected chi connectivity index (χ3v) is 4.73. The molecule has 2 amide bonds. The minimum atomic E-state index is -0.578. The van der Waals surface area contributed by atoms with Crippen LogP contribution in [-0.2, 0) is 14.3 Å². The predicted octanol–water partition coefficient (Wildman–Crippen LogP) is 3.79. The molecule has 0 bridgehead atoms. The van der Waals surface area contributed by atoms with Crippen LogP contribution in [0.1, 0.15) is 59.1 Å². The van der Waals surface area contributed by atoms with Crippen molar-refractivity contribution in [3.8, 4) is 5.75 Å². The van der Waals surface area contributed by atoms with Crippen molar-refractivity contribution in [2.24, 2.45) is 5.92 Å². The van der Waals surface area contributed by atoms with E-state index in [0.29, 0.717) is 31.1 Å². The summed E-state index contributed by atoms with van der Waals surface area (Å²) in [7, 11) is 0. The molecular weight excluding hydrogens is 360 g/mol. The highest BCUT2D eigenvalue weighted by Gasteiger charge is 2.36. The van der Waals surface area contributed by atoms with Gasteiger partial charge in [0, 0.05) is 24.3 Å². The maximum Gasteiger partial charge on any atom is 0.412 e. The Bertz CT molecular complexity index is 748. The minimum Gasteiger partial charge on any atom is -0.487 e. The fourth-order valence-corrected chi connectivity index (χ4v) is 3.51. The Morgan fingerprint density at radius 3 is 2.64 bits per heavy atom. The van der Waals surface area contributed by atoms with Gasteiger partial charge in [-0.2, -0.15) is 0 Å². The van der Waals surface area contributed by atoms with E-state index < -0.39 is 17.3 Å². The van der Waals surface area contributed by atoms with Gasteiger partial charge in [-0.15, -0.1) is 0 Å². The topological polar surface area (TPSA) is 85.9 Å². The fourth-order valence-electron chi connectivity index (χ4n) is 3.51. The summed E-state index contributed by atoms with van der Waals surface area (Å²) in [6.45, 7) is 10.5. The van der Waals surface area contributed by atoms with Crippen LogP contribution < -0.4 is 15.4 Å². The molecule has 7 heteroatoms. The van der Waals surface area contributed by atoms with Crippen molar-refractivity contribution < 1.29 is 23.8 Å². The molecule has 154 valence electrons. The lowest BCUT2D eigenvalue weighted by Gasteiger charge is -2.38. The summed E-state index contributed by atoms with van der Waals surface area (Å²) in [6.07, 6.45) is 0.856. The average Bonchev–Trinajstić information content (AvgIpc) is 3.07. The zero-order chi connectivity index (χ0) is 20.5. The highest BCUT2D eigenvalue weighted by atomic mass is 16.6. The third-order valence-electron chi connectivity index (χ3n) is 4.73. The molecule has 0 radical (unpaired) electrons. The molecule has 2 aliphatic rings. The van der Waals surface area contributed by atoms with Crippen LogP contribution in [0.3, 0.4) is 0 Å². The molecule has 0 saturated carbocycles. The Labute approximate surface area is 166 Å². The first-order valence-electron chi connectivity index (χ1n) is 9.73. The van der Waals surface area contributed by atoms with Gasteiger partial charge in [0.1, 0.15) is 17.0 Å². The van der Waals surface area contributed by atoms with Gasteiger partial charge in [0.15, 0.2) is 0 Å². The van der Waals surface area contributed by atoms with Crippen LogP contribution in [0.15, 0.2) is 18.2 Å². The molecule has 2 unspecified atom stereocenters. The Balaban J connectivity index is 1.79. The summed E-state index contributed by atoms with van der Waals surface area (Å²) < 4.78 is 16.7. The molecule has 1 aromatic carbocycles. The van der Waals surface area contributed by atoms with Crippen molar-refractivity contribution in [3.05, 3.63) is 23.8 Å². The maximum absolute atomic E-state index is 12.6. The highest BCUT2D eigenvalue weighted by Crippen LogP contribution is 2.41. The lowest BCUT2D eigenvalue weighted by molar-refractivity contribution is -0.126. The number of carbonyl (C=O) groups excluding carboxylic acids is 2. The van der Waals surface area contributed by atoms with Crippen molar-refractivity contribution in [2.45, 2.75) is 64.7 Å². The van der Waals surface area contributed by atoms with Gasteiger partial charge in [0.25, 0.3) is 0 Å². The average molecular weight is 390 g/mol. The number of benzene rings is 1. The molecule has 0 aliphatic carbocycles. The second-order valence-corrected chi connectivity index (χ2v) is 9.07. The monoisotopic (exact) mass is 390 g/mol. The second-order valence-electron chi connectivity index (χ2n) is 9.07. The van der Waals surface area contributed by atoms with E-state index in [-0.39, 0.29) is 17.9 Å². The van der Waals surface area contributed by atoms with Crippen LogP contribution in [0.25, 0.3) is 0 Å². The van der Waals surface area contributed by atoms with Crippen molar-refractivity contribution in [2.75, 3.05) is 18.5 Å².